The third-order valence-electron chi connectivity index (χ3n) is 3.42. The Morgan fingerprint density at radius 1 is 1.17 bits per heavy atom. The quantitative estimate of drug-likeness (QED) is 0.429. The minimum atomic E-state index is 0. The van der Waals surface area contributed by atoms with Crippen LogP contribution in [0.15, 0.2) is 0 Å². The first-order chi connectivity index (χ1) is 4.88. The molecule has 0 N–H and O–H groups in total. The fraction of sp³-hybridized carbons (Fsp3) is 1.00. The Morgan fingerprint density at radius 2 is 1.67 bits per heavy atom. The van der Waals surface area contributed by atoms with Crippen molar-refractivity contribution in [1.29, 1.82) is 0 Å². The molecule has 1 nitrogen and oxygen atoms in total. The number of nitrogens with zero attached hydrogens (tertiary/aromatic N) is 1. The Kier molecular flexibility index (Phi) is 4.37. The monoisotopic (exact) mass is 201 g/mol. The van der Waals surface area contributed by atoms with E-state index >= 15 is 0 Å². The molecule has 1 rings (SSSR count). The van der Waals surface area contributed by atoms with Crippen LogP contribution >= 0.6 is 11.8 Å². The van der Waals surface area contributed by atoms with Gasteiger partial charge in [0.05, 0.1) is 0 Å². The molecule has 0 saturated carbocycles. The maximum absolute atomic E-state index is 6.13. The summed E-state index contributed by atoms with van der Waals surface area (Å²) in [4.78, 5) is 0. The summed E-state index contributed by atoms with van der Waals surface area (Å²) in [5.74, 6) is 0. The average molecular weight is 202 g/mol. The van der Waals surface area contributed by atoms with Gasteiger partial charge >= 0.3 is 23.1 Å². The first-order valence-corrected chi connectivity index (χ1v) is 4.65. The lowest BCUT2D eigenvalue weighted by Crippen LogP contribution is -2.53. The average Bonchev–Trinajstić information content (AvgIpc) is 1.84. The van der Waals surface area contributed by atoms with Crippen molar-refractivity contribution in [3.63, 3.8) is 0 Å². The van der Waals surface area contributed by atoms with E-state index in [1.54, 1.807) is 0 Å². The zero-order valence-electron chi connectivity index (χ0n) is 7.95. The van der Waals surface area contributed by atoms with Crippen molar-refractivity contribution in [2.75, 3.05) is 6.54 Å². The van der Waals surface area contributed by atoms with Crippen LogP contribution in [0.1, 0.15) is 40.5 Å². The lowest BCUT2D eigenvalue weighted by Gasteiger charge is -2.50. The van der Waals surface area contributed by atoms with Gasteiger partial charge in [0.15, 0.2) is 0 Å². The van der Waals surface area contributed by atoms with Gasteiger partial charge in [-0.2, -0.15) is 0 Å². The van der Waals surface area contributed by atoms with E-state index in [9.17, 15) is 0 Å². The van der Waals surface area contributed by atoms with Crippen molar-refractivity contribution < 1.29 is 0 Å². The van der Waals surface area contributed by atoms with E-state index in [0.717, 1.165) is 6.54 Å². The zero-order valence-corrected chi connectivity index (χ0v) is 8.70. The van der Waals surface area contributed by atoms with Crippen LogP contribution < -0.4 is 0 Å². The Morgan fingerprint density at radius 3 is 2.00 bits per heavy atom. The van der Waals surface area contributed by atoms with Crippen LogP contribution in [0.4, 0.5) is 0 Å². The zero-order chi connectivity index (χ0) is 8.70. The first kappa shape index (κ1) is 13.0. The van der Waals surface area contributed by atoms with Gasteiger partial charge < -0.3 is 0 Å². The highest BCUT2D eigenvalue weighted by Gasteiger charge is 2.43. The molecule has 12 heavy (non-hydrogen) atoms. The molecule has 0 unspecified atom stereocenters. The van der Waals surface area contributed by atoms with Gasteiger partial charge in [0.25, 0.3) is 0 Å². The summed E-state index contributed by atoms with van der Waals surface area (Å²) in [6.45, 7) is 10.1. The van der Waals surface area contributed by atoms with E-state index in [0.29, 0.717) is 5.41 Å². The smallest absolute Gasteiger partial charge is 0.214 e. The van der Waals surface area contributed by atoms with Gasteiger partial charge in [-0.3, -0.25) is 0 Å². The maximum Gasteiger partial charge on any atom is 0.316 e. The summed E-state index contributed by atoms with van der Waals surface area (Å²) >= 11 is 6.13. The largest absolute Gasteiger partial charge is 0.316 e. The fourth-order valence-corrected chi connectivity index (χ4v) is 1.92. The fourth-order valence-electron chi connectivity index (χ4n) is 1.57. The minimum absolute atomic E-state index is 0. The molecule has 1 saturated heterocycles. The van der Waals surface area contributed by atoms with E-state index in [4.69, 9.17) is 11.8 Å². The van der Waals surface area contributed by atoms with Crippen molar-refractivity contribution in [2.24, 2.45) is 5.41 Å². The van der Waals surface area contributed by atoms with Crippen molar-refractivity contribution in [3.8, 4) is 0 Å². The highest BCUT2D eigenvalue weighted by Crippen LogP contribution is 2.43. The van der Waals surface area contributed by atoms with Gasteiger partial charge in [-0.25, -0.2) is 4.42 Å². The lowest BCUT2D eigenvalue weighted by atomic mass is 9.69. The summed E-state index contributed by atoms with van der Waals surface area (Å²) in [6.07, 6.45) is 2.50. The van der Waals surface area contributed by atoms with Crippen LogP contribution in [0, 0.1) is 5.41 Å². The van der Waals surface area contributed by atoms with Crippen LogP contribution in [0.2, 0.25) is 0 Å². The van der Waals surface area contributed by atoms with E-state index in [2.05, 4.69) is 27.7 Å². The van der Waals surface area contributed by atoms with Crippen LogP contribution in [0.3, 0.4) is 0 Å². The predicted octanol–water partition coefficient (Wildman–Crippen LogP) is 2.12. The normalized spacial score (nSPS) is 27.8. The highest BCUT2D eigenvalue weighted by molar-refractivity contribution is 6.13. The van der Waals surface area contributed by atoms with Crippen molar-refractivity contribution in [1.82, 2.24) is 4.42 Å². The summed E-state index contributed by atoms with van der Waals surface area (Å²) < 4.78 is 1.95. The SMILES string of the molecule is CC1(C)CCCN(Cl)C1(C)C.[MgH2]. The second kappa shape index (κ2) is 4.03. The van der Waals surface area contributed by atoms with Crippen molar-refractivity contribution in [3.05, 3.63) is 0 Å². The lowest BCUT2D eigenvalue weighted by molar-refractivity contribution is 0.0298. The number of halogens is 1. The molecule has 0 radical (unpaired) electrons. The maximum atomic E-state index is 6.13. The number of rotatable bonds is 0. The van der Waals surface area contributed by atoms with Gasteiger partial charge in [0.2, 0.25) is 0 Å². The summed E-state index contributed by atoms with van der Waals surface area (Å²) in [5, 5.41) is 0. The molecule has 1 aliphatic heterocycles. The van der Waals surface area contributed by atoms with Crippen LogP contribution in [0.5, 0.6) is 0 Å². The predicted molar refractivity (Wildman–Crippen MR) is 58.2 cm³/mol. The van der Waals surface area contributed by atoms with E-state index < -0.39 is 0 Å². The topological polar surface area (TPSA) is 3.24 Å². The van der Waals surface area contributed by atoms with Crippen LogP contribution in [-0.4, -0.2) is 39.6 Å². The third-order valence-corrected chi connectivity index (χ3v) is 4.01. The molecule has 0 aliphatic carbocycles. The Hall–Kier alpha value is 1.02. The molecule has 1 heterocycles. The van der Waals surface area contributed by atoms with Gasteiger partial charge in [-0.1, -0.05) is 13.8 Å². The summed E-state index contributed by atoms with van der Waals surface area (Å²) in [7, 11) is 0. The Labute approximate surface area is 97.1 Å². The van der Waals surface area contributed by atoms with Gasteiger partial charge in [0, 0.05) is 12.1 Å². The first-order valence-electron chi connectivity index (χ1n) is 4.31. The van der Waals surface area contributed by atoms with Crippen LogP contribution in [0.25, 0.3) is 0 Å². The van der Waals surface area contributed by atoms with Gasteiger partial charge in [-0.05, 0) is 43.9 Å². The standard InChI is InChI=1S/C9H18ClN.Mg.2H/c1-8(2)6-5-7-11(10)9(8,3)4;;;/h5-7H2,1-4H3;;;. The number of piperidine rings is 1. The molecule has 0 aromatic rings. The van der Waals surface area contributed by atoms with Gasteiger partial charge in [-0.15, -0.1) is 0 Å². The van der Waals surface area contributed by atoms with E-state index in [1.807, 2.05) is 4.42 Å². The second-order valence-corrected chi connectivity index (χ2v) is 5.04. The molecule has 0 amide bonds. The Balaban J connectivity index is 0.00000121. The molecule has 1 fully saturated rings. The molecule has 0 aromatic carbocycles. The molecular formula is C9H20ClMgN. The van der Waals surface area contributed by atoms with Crippen LogP contribution in [-0.2, 0) is 0 Å². The molecule has 0 spiro atoms. The molecule has 0 aromatic heterocycles. The molecule has 3 heteroatoms. The molecule has 0 bridgehead atoms. The van der Waals surface area contributed by atoms with E-state index in [1.165, 1.54) is 12.8 Å². The molecule has 70 valence electrons. The second-order valence-electron chi connectivity index (χ2n) is 4.63. The highest BCUT2D eigenvalue weighted by atomic mass is 35.5. The van der Waals surface area contributed by atoms with E-state index in [-0.39, 0.29) is 28.6 Å². The molecule has 0 atom stereocenters. The van der Waals surface area contributed by atoms with Crippen molar-refractivity contribution >= 4 is 34.8 Å². The number of hydrogen-bond donors (Lipinski definition) is 0. The minimum Gasteiger partial charge on any atom is -0.214 e. The Bertz CT molecular complexity index is 157. The molecular weight excluding hydrogens is 182 g/mol. The summed E-state index contributed by atoms with van der Waals surface area (Å²) in [5.41, 5.74) is 0.472. The number of hydrogen-bond acceptors (Lipinski definition) is 1. The van der Waals surface area contributed by atoms with Crippen molar-refractivity contribution in [2.45, 2.75) is 46.1 Å². The third kappa shape index (κ3) is 2.09. The summed E-state index contributed by atoms with van der Waals surface area (Å²) in [6, 6.07) is 0. The van der Waals surface area contributed by atoms with Gasteiger partial charge in [0.1, 0.15) is 0 Å². The molecule has 1 aliphatic rings.